The summed E-state index contributed by atoms with van der Waals surface area (Å²) in [7, 11) is 0. The van der Waals surface area contributed by atoms with E-state index in [-0.39, 0.29) is 6.04 Å². The standard InChI is InChI=1S/C13H12BrN/c14-12-9-5-4-8-11(12)13(15)10-6-2-1-3-7-10/h1-9,13H,15H2/p+1/t13-/m1/s1. The summed E-state index contributed by atoms with van der Waals surface area (Å²) in [6.45, 7) is 0. The SMILES string of the molecule is [NH3+][C@H](c1ccccc1)c1ccccc1Br. The van der Waals surface area contributed by atoms with Gasteiger partial charge in [-0.1, -0.05) is 64.5 Å². The lowest BCUT2D eigenvalue weighted by atomic mass is 10.00. The largest absolute Gasteiger partial charge is 0.348 e. The van der Waals surface area contributed by atoms with Gasteiger partial charge < -0.3 is 5.73 Å². The van der Waals surface area contributed by atoms with Crippen LogP contribution in [0.5, 0.6) is 0 Å². The highest BCUT2D eigenvalue weighted by molar-refractivity contribution is 9.10. The highest BCUT2D eigenvalue weighted by atomic mass is 79.9. The Balaban J connectivity index is 2.37. The van der Waals surface area contributed by atoms with E-state index in [1.165, 1.54) is 11.1 Å². The molecule has 0 saturated carbocycles. The summed E-state index contributed by atoms with van der Waals surface area (Å²) in [5.74, 6) is 0. The lowest BCUT2D eigenvalue weighted by Crippen LogP contribution is -2.54. The minimum atomic E-state index is 0.182. The van der Waals surface area contributed by atoms with Crippen LogP contribution in [0.1, 0.15) is 17.2 Å². The van der Waals surface area contributed by atoms with Crippen LogP contribution in [0.4, 0.5) is 0 Å². The quantitative estimate of drug-likeness (QED) is 0.862. The van der Waals surface area contributed by atoms with Crippen LogP contribution in [0.2, 0.25) is 0 Å². The van der Waals surface area contributed by atoms with Crippen molar-refractivity contribution in [3.63, 3.8) is 0 Å². The van der Waals surface area contributed by atoms with Gasteiger partial charge in [0.15, 0.2) is 0 Å². The van der Waals surface area contributed by atoms with Gasteiger partial charge in [0.2, 0.25) is 0 Å². The molecule has 3 N–H and O–H groups in total. The highest BCUT2D eigenvalue weighted by Crippen LogP contribution is 2.24. The van der Waals surface area contributed by atoms with Crippen molar-refractivity contribution in [1.29, 1.82) is 0 Å². The van der Waals surface area contributed by atoms with Gasteiger partial charge in [0.1, 0.15) is 6.04 Å². The number of quaternary nitrogens is 1. The second kappa shape index (κ2) is 4.60. The number of rotatable bonds is 2. The molecule has 0 aliphatic heterocycles. The molecule has 76 valence electrons. The van der Waals surface area contributed by atoms with Crippen molar-refractivity contribution >= 4 is 15.9 Å². The molecule has 15 heavy (non-hydrogen) atoms. The Labute approximate surface area is 98.1 Å². The second-order valence-electron chi connectivity index (χ2n) is 3.48. The second-order valence-corrected chi connectivity index (χ2v) is 4.34. The van der Waals surface area contributed by atoms with Crippen LogP contribution in [0.15, 0.2) is 59.1 Å². The molecule has 2 aromatic rings. The predicted octanol–water partition coefficient (Wildman–Crippen LogP) is 2.78. The lowest BCUT2D eigenvalue weighted by Gasteiger charge is -2.10. The summed E-state index contributed by atoms with van der Waals surface area (Å²) in [5.41, 5.74) is 6.68. The molecule has 0 aliphatic rings. The smallest absolute Gasteiger partial charge is 0.137 e. The summed E-state index contributed by atoms with van der Waals surface area (Å²) in [5, 5.41) is 0. The molecule has 0 radical (unpaired) electrons. The Kier molecular flexibility index (Phi) is 3.19. The zero-order chi connectivity index (χ0) is 10.7. The topological polar surface area (TPSA) is 27.6 Å². The Hall–Kier alpha value is -1.12. The molecule has 0 amide bonds. The van der Waals surface area contributed by atoms with Gasteiger partial charge in [0, 0.05) is 15.6 Å². The molecular formula is C13H13BrN+. The van der Waals surface area contributed by atoms with Crippen molar-refractivity contribution in [2.75, 3.05) is 0 Å². The van der Waals surface area contributed by atoms with E-state index >= 15 is 0 Å². The Morgan fingerprint density at radius 1 is 0.867 bits per heavy atom. The van der Waals surface area contributed by atoms with E-state index in [4.69, 9.17) is 0 Å². The molecule has 0 fully saturated rings. The van der Waals surface area contributed by atoms with Gasteiger partial charge in [0.25, 0.3) is 0 Å². The van der Waals surface area contributed by atoms with Crippen molar-refractivity contribution in [2.45, 2.75) is 6.04 Å². The summed E-state index contributed by atoms with van der Waals surface area (Å²) in [4.78, 5) is 0. The van der Waals surface area contributed by atoms with Crippen LogP contribution in [0, 0.1) is 0 Å². The van der Waals surface area contributed by atoms with Gasteiger partial charge in [-0.15, -0.1) is 0 Å². The Morgan fingerprint density at radius 3 is 2.13 bits per heavy atom. The highest BCUT2D eigenvalue weighted by Gasteiger charge is 2.14. The van der Waals surface area contributed by atoms with Gasteiger partial charge in [-0.25, -0.2) is 0 Å². The van der Waals surface area contributed by atoms with E-state index in [0.717, 1.165) is 4.47 Å². The van der Waals surface area contributed by atoms with Gasteiger partial charge in [-0.3, -0.25) is 0 Å². The van der Waals surface area contributed by atoms with Crippen LogP contribution < -0.4 is 5.73 Å². The first-order valence-electron chi connectivity index (χ1n) is 4.91. The third-order valence-corrected chi connectivity index (χ3v) is 3.20. The summed E-state index contributed by atoms with van der Waals surface area (Å²) >= 11 is 3.55. The number of hydrogen-bond donors (Lipinski definition) is 1. The van der Waals surface area contributed by atoms with Crippen molar-refractivity contribution < 1.29 is 5.73 Å². The normalized spacial score (nSPS) is 12.4. The minimum absolute atomic E-state index is 0.182. The average molecular weight is 263 g/mol. The fourth-order valence-electron chi connectivity index (χ4n) is 1.62. The Morgan fingerprint density at radius 2 is 1.47 bits per heavy atom. The first kappa shape index (κ1) is 10.4. The van der Waals surface area contributed by atoms with Crippen LogP contribution >= 0.6 is 15.9 Å². The molecule has 0 spiro atoms. The lowest BCUT2D eigenvalue weighted by molar-refractivity contribution is -0.411. The van der Waals surface area contributed by atoms with Crippen LogP contribution in [-0.4, -0.2) is 0 Å². The maximum Gasteiger partial charge on any atom is 0.137 e. The number of benzene rings is 2. The molecule has 0 aromatic heterocycles. The van der Waals surface area contributed by atoms with Gasteiger partial charge in [-0.2, -0.15) is 0 Å². The molecule has 0 saturated heterocycles. The molecular weight excluding hydrogens is 250 g/mol. The summed E-state index contributed by atoms with van der Waals surface area (Å²) in [6.07, 6.45) is 0. The van der Waals surface area contributed by atoms with Gasteiger partial charge in [-0.05, 0) is 6.07 Å². The molecule has 0 unspecified atom stereocenters. The molecule has 0 aliphatic carbocycles. The molecule has 2 aromatic carbocycles. The average Bonchev–Trinajstić information content (AvgIpc) is 2.30. The van der Waals surface area contributed by atoms with E-state index in [1.54, 1.807) is 0 Å². The monoisotopic (exact) mass is 262 g/mol. The maximum atomic E-state index is 4.21. The molecule has 1 nitrogen and oxygen atoms in total. The molecule has 1 atom stereocenters. The third kappa shape index (κ3) is 2.28. The Bertz CT molecular complexity index is 439. The van der Waals surface area contributed by atoms with E-state index in [0.29, 0.717) is 0 Å². The number of halogens is 1. The molecule has 2 heteroatoms. The summed E-state index contributed by atoms with van der Waals surface area (Å²) < 4.78 is 1.12. The fraction of sp³-hybridized carbons (Fsp3) is 0.0769. The zero-order valence-corrected chi connectivity index (χ0v) is 9.94. The number of hydrogen-bond acceptors (Lipinski definition) is 0. The maximum absolute atomic E-state index is 4.21. The van der Waals surface area contributed by atoms with Crippen molar-refractivity contribution in [2.24, 2.45) is 0 Å². The fourth-order valence-corrected chi connectivity index (χ4v) is 2.18. The third-order valence-electron chi connectivity index (χ3n) is 2.48. The predicted molar refractivity (Wildman–Crippen MR) is 65.3 cm³/mol. The van der Waals surface area contributed by atoms with Gasteiger partial charge in [0.05, 0.1) is 0 Å². The van der Waals surface area contributed by atoms with Crippen molar-refractivity contribution in [1.82, 2.24) is 0 Å². The van der Waals surface area contributed by atoms with Crippen LogP contribution in [-0.2, 0) is 0 Å². The zero-order valence-electron chi connectivity index (χ0n) is 8.36. The first-order chi connectivity index (χ1) is 7.29. The van der Waals surface area contributed by atoms with E-state index < -0.39 is 0 Å². The van der Waals surface area contributed by atoms with Gasteiger partial charge >= 0.3 is 0 Å². The van der Waals surface area contributed by atoms with Crippen LogP contribution in [0.3, 0.4) is 0 Å². The summed E-state index contributed by atoms with van der Waals surface area (Å²) in [6, 6.07) is 18.7. The molecule has 0 bridgehead atoms. The van der Waals surface area contributed by atoms with E-state index in [9.17, 15) is 0 Å². The van der Waals surface area contributed by atoms with E-state index in [1.807, 2.05) is 30.3 Å². The van der Waals surface area contributed by atoms with E-state index in [2.05, 4.69) is 45.9 Å². The minimum Gasteiger partial charge on any atom is -0.348 e. The van der Waals surface area contributed by atoms with Crippen molar-refractivity contribution in [3.8, 4) is 0 Å². The van der Waals surface area contributed by atoms with Crippen LogP contribution in [0.25, 0.3) is 0 Å². The molecule has 0 heterocycles. The molecule has 2 rings (SSSR count). The first-order valence-corrected chi connectivity index (χ1v) is 5.71. The van der Waals surface area contributed by atoms with Crippen molar-refractivity contribution in [3.05, 3.63) is 70.2 Å².